The van der Waals surface area contributed by atoms with Gasteiger partial charge in [0.15, 0.2) is 0 Å². The third-order valence-electron chi connectivity index (χ3n) is 3.11. The van der Waals surface area contributed by atoms with Crippen LogP contribution in [0.2, 0.25) is 0 Å². The van der Waals surface area contributed by atoms with Gasteiger partial charge in [-0.15, -0.1) is 13.1 Å². The fraction of sp³-hybridized carbons (Fsp3) is 1.00. The number of nitrogens with zero attached hydrogens (tertiary/aromatic N) is 2. The second-order valence-corrected chi connectivity index (χ2v) is 4.12. The molecule has 0 saturated carbocycles. The lowest BCUT2D eigenvalue weighted by atomic mass is 9.98. The van der Waals surface area contributed by atoms with Crippen LogP contribution in [0, 0.1) is 5.92 Å². The lowest BCUT2D eigenvalue weighted by Gasteiger charge is -2.34. The summed E-state index contributed by atoms with van der Waals surface area (Å²) in [4.78, 5) is 2.63. The lowest BCUT2D eigenvalue weighted by molar-refractivity contribution is 0.258. The van der Waals surface area contributed by atoms with Crippen molar-refractivity contribution >= 4 is 0 Å². The molecule has 0 N–H and O–H groups in total. The zero-order chi connectivity index (χ0) is 8.23. The van der Waals surface area contributed by atoms with Crippen LogP contribution in [0.1, 0.15) is 25.7 Å². The monoisotopic (exact) mass is 167 g/mol. The van der Waals surface area contributed by atoms with Crippen LogP contribution in [-0.4, -0.2) is 37.6 Å². The average molecular weight is 167 g/mol. The van der Waals surface area contributed by atoms with Crippen molar-refractivity contribution in [3.8, 4) is 0 Å². The van der Waals surface area contributed by atoms with Crippen molar-refractivity contribution < 1.29 is 0 Å². The first-order valence-electron chi connectivity index (χ1n) is 5.31. The van der Waals surface area contributed by atoms with Crippen LogP contribution in [0.4, 0.5) is 0 Å². The van der Waals surface area contributed by atoms with Crippen molar-refractivity contribution in [2.24, 2.45) is 5.92 Å². The van der Waals surface area contributed by atoms with Gasteiger partial charge in [0.2, 0.25) is 0 Å². The quantitative estimate of drug-likeness (QED) is 0.613. The molecule has 2 aliphatic heterocycles. The minimum absolute atomic E-state index is 0.959. The van der Waals surface area contributed by atoms with Gasteiger partial charge in [0.1, 0.15) is 0 Å². The van der Waals surface area contributed by atoms with Gasteiger partial charge in [0.25, 0.3) is 0 Å². The summed E-state index contributed by atoms with van der Waals surface area (Å²) < 4.78 is 0. The van der Waals surface area contributed by atoms with Gasteiger partial charge in [-0.3, -0.25) is 0 Å². The third kappa shape index (κ3) is 2.20. The van der Waals surface area contributed by atoms with Crippen LogP contribution in [0.5, 0.6) is 0 Å². The van der Waals surface area contributed by atoms with Gasteiger partial charge in [-0.1, -0.05) is 12.8 Å². The Bertz CT molecular complexity index is 124. The number of rotatable bonds is 2. The minimum Gasteiger partial charge on any atom is -0.662 e. The van der Waals surface area contributed by atoms with Crippen LogP contribution < -0.4 is 0 Å². The normalized spacial score (nSPS) is 28.0. The van der Waals surface area contributed by atoms with Crippen LogP contribution in [-0.2, 0) is 0 Å². The Hall–Kier alpha value is -0.0800. The van der Waals surface area contributed by atoms with E-state index >= 15 is 0 Å². The summed E-state index contributed by atoms with van der Waals surface area (Å²) in [5, 5.41) is 4.38. The highest BCUT2D eigenvalue weighted by Gasteiger charge is 2.16. The fourth-order valence-corrected chi connectivity index (χ4v) is 2.32. The van der Waals surface area contributed by atoms with Crippen molar-refractivity contribution in [3.05, 3.63) is 5.32 Å². The number of hydrogen-bond acceptors (Lipinski definition) is 1. The summed E-state index contributed by atoms with van der Waals surface area (Å²) in [7, 11) is 0. The van der Waals surface area contributed by atoms with E-state index in [-0.39, 0.29) is 0 Å². The second-order valence-electron chi connectivity index (χ2n) is 4.12. The Labute approximate surface area is 75.3 Å². The maximum Gasteiger partial charge on any atom is 0.000842 e. The molecule has 70 valence electrons. The van der Waals surface area contributed by atoms with E-state index in [2.05, 4.69) is 10.2 Å². The molecular weight excluding hydrogens is 148 g/mol. The molecule has 0 aromatic rings. The first-order chi connectivity index (χ1) is 5.95. The molecule has 0 atom stereocenters. The first-order valence-corrected chi connectivity index (χ1v) is 5.31. The van der Waals surface area contributed by atoms with Crippen molar-refractivity contribution in [1.29, 1.82) is 0 Å². The summed E-state index contributed by atoms with van der Waals surface area (Å²) in [5.41, 5.74) is 0. The maximum absolute atomic E-state index is 4.38. The summed E-state index contributed by atoms with van der Waals surface area (Å²) >= 11 is 0. The van der Waals surface area contributed by atoms with E-state index in [1.807, 2.05) is 0 Å². The van der Waals surface area contributed by atoms with Crippen LogP contribution >= 0.6 is 0 Å². The molecule has 2 heteroatoms. The van der Waals surface area contributed by atoms with Crippen molar-refractivity contribution in [1.82, 2.24) is 4.90 Å². The molecule has 0 radical (unpaired) electrons. The summed E-state index contributed by atoms with van der Waals surface area (Å²) in [5.74, 6) is 0.959. The van der Waals surface area contributed by atoms with Gasteiger partial charge in [0.05, 0.1) is 0 Å². The highest BCUT2D eigenvalue weighted by Crippen LogP contribution is 2.20. The molecule has 0 aliphatic carbocycles. The number of likely N-dealkylation sites (tertiary alicyclic amines) is 1. The smallest absolute Gasteiger partial charge is 0.000842 e. The van der Waals surface area contributed by atoms with Gasteiger partial charge < -0.3 is 10.2 Å². The summed E-state index contributed by atoms with van der Waals surface area (Å²) in [6.45, 7) is 6.31. The summed E-state index contributed by atoms with van der Waals surface area (Å²) in [6.07, 6.45) is 5.54. The zero-order valence-electron chi connectivity index (χ0n) is 7.84. The van der Waals surface area contributed by atoms with Gasteiger partial charge in [0, 0.05) is 6.54 Å². The number of hydrogen-bond donors (Lipinski definition) is 0. The van der Waals surface area contributed by atoms with E-state index in [1.54, 1.807) is 0 Å². The first kappa shape index (κ1) is 8.52. The molecule has 0 aromatic heterocycles. The largest absolute Gasteiger partial charge is 0.662 e. The van der Waals surface area contributed by atoms with Gasteiger partial charge in [-0.25, -0.2) is 0 Å². The third-order valence-corrected chi connectivity index (χ3v) is 3.11. The molecule has 2 saturated heterocycles. The summed E-state index contributed by atoms with van der Waals surface area (Å²) in [6, 6.07) is 0. The van der Waals surface area contributed by atoms with Gasteiger partial charge in [-0.2, -0.15) is 0 Å². The van der Waals surface area contributed by atoms with Crippen LogP contribution in [0.3, 0.4) is 0 Å². The minimum atomic E-state index is 0.959. The maximum atomic E-state index is 4.38. The Morgan fingerprint density at radius 3 is 2.42 bits per heavy atom. The van der Waals surface area contributed by atoms with E-state index in [4.69, 9.17) is 0 Å². The van der Waals surface area contributed by atoms with E-state index in [0.29, 0.717) is 0 Å². The fourth-order valence-electron chi connectivity index (χ4n) is 2.32. The zero-order valence-corrected chi connectivity index (χ0v) is 7.84. The SMILES string of the molecule is C1CCN(CC2CC[N-]CC2)C1. The second kappa shape index (κ2) is 4.24. The van der Waals surface area contributed by atoms with Crippen molar-refractivity contribution in [2.75, 3.05) is 32.7 Å². The Balaban J connectivity index is 1.69. The molecule has 2 heterocycles. The molecule has 2 fully saturated rings. The standard InChI is InChI=1S/C10H19N2/c1-2-8-12(7-1)9-10-3-5-11-6-4-10/h10H,1-9H2/q-1. The van der Waals surface area contributed by atoms with Crippen molar-refractivity contribution in [2.45, 2.75) is 25.7 Å². The molecule has 0 bridgehead atoms. The van der Waals surface area contributed by atoms with Crippen molar-refractivity contribution in [3.63, 3.8) is 0 Å². The van der Waals surface area contributed by atoms with E-state index in [9.17, 15) is 0 Å². The molecule has 2 rings (SSSR count). The molecule has 0 spiro atoms. The van der Waals surface area contributed by atoms with Gasteiger partial charge in [-0.05, 0) is 31.8 Å². The Morgan fingerprint density at radius 1 is 1.08 bits per heavy atom. The average Bonchev–Trinajstić information content (AvgIpc) is 2.59. The molecule has 0 unspecified atom stereocenters. The molecule has 2 aliphatic rings. The molecule has 0 amide bonds. The highest BCUT2D eigenvalue weighted by atomic mass is 15.1. The Kier molecular flexibility index (Phi) is 3.01. The van der Waals surface area contributed by atoms with Crippen LogP contribution in [0.15, 0.2) is 0 Å². The Morgan fingerprint density at radius 2 is 1.75 bits per heavy atom. The number of piperidine rings is 1. The van der Waals surface area contributed by atoms with Crippen LogP contribution in [0.25, 0.3) is 5.32 Å². The lowest BCUT2D eigenvalue weighted by Crippen LogP contribution is -2.29. The highest BCUT2D eigenvalue weighted by molar-refractivity contribution is 4.88. The molecular formula is C10H19N2-. The van der Waals surface area contributed by atoms with Gasteiger partial charge >= 0.3 is 0 Å². The van der Waals surface area contributed by atoms with E-state index in [0.717, 1.165) is 19.0 Å². The van der Waals surface area contributed by atoms with E-state index in [1.165, 1.54) is 45.3 Å². The molecule has 2 nitrogen and oxygen atoms in total. The molecule has 0 aromatic carbocycles. The molecule has 12 heavy (non-hydrogen) atoms. The predicted octanol–water partition coefficient (Wildman–Crippen LogP) is 1.87. The predicted molar refractivity (Wildman–Crippen MR) is 51.5 cm³/mol. The van der Waals surface area contributed by atoms with E-state index < -0.39 is 0 Å². The topological polar surface area (TPSA) is 17.3 Å².